The lowest BCUT2D eigenvalue weighted by Crippen LogP contribution is -2.12. The van der Waals surface area contributed by atoms with Gasteiger partial charge in [0.25, 0.3) is 5.91 Å². The molecule has 0 fully saturated rings. The number of amides is 1. The van der Waals surface area contributed by atoms with Crippen LogP contribution in [0.3, 0.4) is 0 Å². The number of hydrogen-bond donors (Lipinski definition) is 1. The quantitative estimate of drug-likeness (QED) is 0.494. The van der Waals surface area contributed by atoms with Crippen molar-refractivity contribution >= 4 is 22.7 Å². The second-order valence-corrected chi connectivity index (χ2v) is 6.35. The Hall–Kier alpha value is -3.80. The summed E-state index contributed by atoms with van der Waals surface area (Å²) in [6.45, 7) is 2.45. The minimum absolute atomic E-state index is 0.217. The number of benzene rings is 3. The van der Waals surface area contributed by atoms with Gasteiger partial charge in [0.2, 0.25) is 5.89 Å². The number of ether oxygens (including phenoxy) is 2. The van der Waals surface area contributed by atoms with Crippen molar-refractivity contribution in [1.82, 2.24) is 4.98 Å². The van der Waals surface area contributed by atoms with Gasteiger partial charge in [-0.1, -0.05) is 12.1 Å². The Kier molecular flexibility index (Phi) is 5.16. The lowest BCUT2D eigenvalue weighted by Gasteiger charge is -2.08. The van der Waals surface area contributed by atoms with Gasteiger partial charge in [0.05, 0.1) is 13.7 Å². The highest BCUT2D eigenvalue weighted by Gasteiger charge is 2.12. The van der Waals surface area contributed by atoms with Gasteiger partial charge in [0.1, 0.15) is 17.0 Å². The van der Waals surface area contributed by atoms with Crippen LogP contribution in [0.25, 0.3) is 22.6 Å². The maximum Gasteiger partial charge on any atom is 0.255 e. The lowest BCUT2D eigenvalue weighted by molar-refractivity contribution is 0.102. The molecule has 0 unspecified atom stereocenters. The predicted octanol–water partition coefficient (Wildman–Crippen LogP) is 5.15. The van der Waals surface area contributed by atoms with E-state index >= 15 is 0 Å². The Bertz CT molecular complexity index is 1170. The number of oxazole rings is 1. The number of carbonyl (C=O) groups excluding carboxylic acids is 1. The van der Waals surface area contributed by atoms with Crippen LogP contribution in [0.2, 0.25) is 0 Å². The highest BCUT2D eigenvalue weighted by Crippen LogP contribution is 2.28. The number of fused-ring (bicyclic) bond motifs is 1. The average Bonchev–Trinajstić information content (AvgIpc) is 3.18. The summed E-state index contributed by atoms with van der Waals surface area (Å²) in [4.78, 5) is 17.1. The van der Waals surface area contributed by atoms with Crippen LogP contribution in [0, 0.1) is 0 Å². The second-order valence-electron chi connectivity index (χ2n) is 6.35. The number of anilines is 1. The minimum Gasteiger partial charge on any atom is -0.497 e. The van der Waals surface area contributed by atoms with Gasteiger partial charge in [-0.05, 0) is 55.5 Å². The van der Waals surface area contributed by atoms with Crippen molar-refractivity contribution in [3.63, 3.8) is 0 Å². The van der Waals surface area contributed by atoms with E-state index in [2.05, 4.69) is 10.3 Å². The molecule has 0 radical (unpaired) electrons. The first kappa shape index (κ1) is 18.6. The highest BCUT2D eigenvalue weighted by molar-refractivity contribution is 6.04. The minimum atomic E-state index is -0.217. The molecular weight excluding hydrogens is 368 g/mol. The van der Waals surface area contributed by atoms with Gasteiger partial charge in [-0.2, -0.15) is 0 Å². The van der Waals surface area contributed by atoms with E-state index in [9.17, 15) is 4.79 Å². The van der Waals surface area contributed by atoms with E-state index in [1.165, 1.54) is 0 Å². The molecule has 0 saturated carbocycles. The molecule has 6 nitrogen and oxygen atoms in total. The molecule has 1 amide bonds. The maximum atomic E-state index is 12.6. The number of hydrogen-bond acceptors (Lipinski definition) is 5. The molecule has 0 bridgehead atoms. The standard InChI is InChI=1S/C23H20N2O4/c1-3-28-19-9-5-6-15(13-19)22(26)24-17-8-4-7-16(12-17)23-25-20-14-18(27-2)10-11-21(20)29-23/h4-14H,3H2,1-2H3,(H,24,26). The van der Waals surface area contributed by atoms with Gasteiger partial charge >= 0.3 is 0 Å². The first-order valence-corrected chi connectivity index (χ1v) is 9.25. The normalized spacial score (nSPS) is 10.7. The molecule has 3 aromatic carbocycles. The fourth-order valence-corrected chi connectivity index (χ4v) is 2.98. The molecule has 4 aromatic rings. The number of aromatic nitrogens is 1. The van der Waals surface area contributed by atoms with Crippen molar-refractivity contribution in [2.24, 2.45) is 0 Å². The molecule has 6 heteroatoms. The fourth-order valence-electron chi connectivity index (χ4n) is 2.98. The Morgan fingerprint density at radius 1 is 1.03 bits per heavy atom. The van der Waals surface area contributed by atoms with Crippen LogP contribution in [0.1, 0.15) is 17.3 Å². The van der Waals surface area contributed by atoms with Crippen molar-refractivity contribution in [1.29, 1.82) is 0 Å². The van der Waals surface area contributed by atoms with E-state index in [4.69, 9.17) is 13.9 Å². The number of nitrogens with one attached hydrogen (secondary N) is 1. The van der Waals surface area contributed by atoms with Gasteiger partial charge in [-0.15, -0.1) is 0 Å². The Balaban J connectivity index is 1.57. The van der Waals surface area contributed by atoms with Crippen molar-refractivity contribution in [3.05, 3.63) is 72.3 Å². The van der Waals surface area contributed by atoms with Crippen LogP contribution >= 0.6 is 0 Å². The average molecular weight is 388 g/mol. The smallest absolute Gasteiger partial charge is 0.255 e. The third kappa shape index (κ3) is 4.06. The summed E-state index contributed by atoms with van der Waals surface area (Å²) in [6, 6.07) is 19.9. The summed E-state index contributed by atoms with van der Waals surface area (Å²) in [5, 5.41) is 2.91. The number of methoxy groups -OCH3 is 1. The molecular formula is C23H20N2O4. The number of rotatable bonds is 6. The van der Waals surface area contributed by atoms with Crippen molar-refractivity contribution in [2.45, 2.75) is 6.92 Å². The van der Waals surface area contributed by atoms with Crippen LogP contribution in [0.4, 0.5) is 5.69 Å². The van der Waals surface area contributed by atoms with Crippen LogP contribution in [-0.2, 0) is 0 Å². The number of carbonyl (C=O) groups is 1. The predicted molar refractivity (Wildman–Crippen MR) is 112 cm³/mol. The van der Waals surface area contributed by atoms with Crippen LogP contribution < -0.4 is 14.8 Å². The largest absolute Gasteiger partial charge is 0.497 e. The highest BCUT2D eigenvalue weighted by atomic mass is 16.5. The Morgan fingerprint density at radius 2 is 1.90 bits per heavy atom. The van der Waals surface area contributed by atoms with Crippen molar-refractivity contribution in [2.75, 3.05) is 19.0 Å². The molecule has 4 rings (SSSR count). The molecule has 0 spiro atoms. The first-order valence-electron chi connectivity index (χ1n) is 9.25. The molecule has 0 aliphatic heterocycles. The van der Waals surface area contributed by atoms with E-state index in [0.29, 0.717) is 46.3 Å². The zero-order valence-corrected chi connectivity index (χ0v) is 16.1. The Labute approximate surface area is 168 Å². The maximum absolute atomic E-state index is 12.6. The van der Waals surface area contributed by atoms with Gasteiger partial charge in [0, 0.05) is 22.9 Å². The monoisotopic (exact) mass is 388 g/mol. The summed E-state index contributed by atoms with van der Waals surface area (Å²) < 4.78 is 16.5. The number of nitrogens with zero attached hydrogens (tertiary/aromatic N) is 1. The van der Waals surface area contributed by atoms with E-state index in [0.717, 1.165) is 5.56 Å². The first-order chi connectivity index (χ1) is 14.2. The Morgan fingerprint density at radius 3 is 2.72 bits per heavy atom. The SMILES string of the molecule is CCOc1cccc(C(=O)Nc2cccc(-c3nc4cc(OC)ccc4o3)c2)c1. The van der Waals surface area contributed by atoms with E-state index in [1.54, 1.807) is 25.3 Å². The van der Waals surface area contributed by atoms with Crippen molar-refractivity contribution < 1.29 is 18.7 Å². The summed E-state index contributed by atoms with van der Waals surface area (Å²) in [5.74, 6) is 1.64. The summed E-state index contributed by atoms with van der Waals surface area (Å²) in [7, 11) is 1.61. The summed E-state index contributed by atoms with van der Waals surface area (Å²) in [5.41, 5.74) is 3.31. The summed E-state index contributed by atoms with van der Waals surface area (Å²) in [6.07, 6.45) is 0. The van der Waals surface area contributed by atoms with E-state index in [-0.39, 0.29) is 5.91 Å². The van der Waals surface area contributed by atoms with E-state index < -0.39 is 0 Å². The molecule has 1 aromatic heterocycles. The molecule has 146 valence electrons. The fraction of sp³-hybridized carbons (Fsp3) is 0.130. The topological polar surface area (TPSA) is 73.6 Å². The molecule has 0 saturated heterocycles. The second kappa shape index (κ2) is 8.06. The molecule has 1 heterocycles. The van der Waals surface area contributed by atoms with Gasteiger partial charge in [0.15, 0.2) is 5.58 Å². The third-order valence-electron chi connectivity index (χ3n) is 4.37. The molecule has 0 aliphatic carbocycles. The molecule has 29 heavy (non-hydrogen) atoms. The third-order valence-corrected chi connectivity index (χ3v) is 4.37. The summed E-state index contributed by atoms with van der Waals surface area (Å²) >= 11 is 0. The molecule has 0 atom stereocenters. The van der Waals surface area contributed by atoms with Gasteiger partial charge < -0.3 is 19.2 Å². The molecule has 0 aliphatic rings. The van der Waals surface area contributed by atoms with E-state index in [1.807, 2.05) is 55.5 Å². The molecule has 1 N–H and O–H groups in total. The lowest BCUT2D eigenvalue weighted by atomic mass is 10.1. The zero-order chi connectivity index (χ0) is 20.2. The van der Waals surface area contributed by atoms with Gasteiger partial charge in [-0.25, -0.2) is 4.98 Å². The zero-order valence-electron chi connectivity index (χ0n) is 16.1. The van der Waals surface area contributed by atoms with Crippen LogP contribution in [-0.4, -0.2) is 24.6 Å². The van der Waals surface area contributed by atoms with Crippen molar-refractivity contribution in [3.8, 4) is 23.0 Å². The van der Waals surface area contributed by atoms with Gasteiger partial charge in [-0.3, -0.25) is 4.79 Å². The van der Waals surface area contributed by atoms with Crippen LogP contribution in [0.5, 0.6) is 11.5 Å². The van der Waals surface area contributed by atoms with Crippen LogP contribution in [0.15, 0.2) is 71.1 Å².